The van der Waals surface area contributed by atoms with Gasteiger partial charge in [-0.2, -0.15) is 0 Å². The van der Waals surface area contributed by atoms with Crippen LogP contribution >= 0.6 is 11.8 Å². The van der Waals surface area contributed by atoms with Crippen molar-refractivity contribution in [2.24, 2.45) is 0 Å². The van der Waals surface area contributed by atoms with Crippen LogP contribution in [0.3, 0.4) is 0 Å². The van der Waals surface area contributed by atoms with Gasteiger partial charge < -0.3 is 5.32 Å². The third-order valence-electron chi connectivity index (χ3n) is 3.55. The van der Waals surface area contributed by atoms with E-state index < -0.39 is 0 Å². The first-order valence-electron chi connectivity index (χ1n) is 6.91. The van der Waals surface area contributed by atoms with E-state index in [1.807, 2.05) is 29.9 Å². The van der Waals surface area contributed by atoms with Gasteiger partial charge in [-0.15, -0.1) is 5.10 Å². The maximum Gasteiger partial charge on any atom is 0.209 e. The van der Waals surface area contributed by atoms with E-state index in [1.54, 1.807) is 11.8 Å². The molecule has 0 saturated heterocycles. The van der Waals surface area contributed by atoms with Crippen molar-refractivity contribution < 1.29 is 0 Å². The Bertz CT molecular complexity index is 563. The van der Waals surface area contributed by atoms with Gasteiger partial charge >= 0.3 is 0 Å². The lowest BCUT2D eigenvalue weighted by Crippen LogP contribution is -2.08. The molecule has 1 fully saturated rings. The lowest BCUT2D eigenvalue weighted by molar-refractivity contribution is 0.423. The fourth-order valence-electron chi connectivity index (χ4n) is 2.50. The number of rotatable bonds is 5. The Kier molecular flexibility index (Phi) is 4.15. The molecule has 2 aromatic rings. The van der Waals surface area contributed by atoms with E-state index in [0.717, 1.165) is 22.4 Å². The van der Waals surface area contributed by atoms with Gasteiger partial charge in [0.05, 0.1) is 11.7 Å². The van der Waals surface area contributed by atoms with Crippen LogP contribution in [-0.2, 0) is 5.75 Å². The fourth-order valence-corrected chi connectivity index (χ4v) is 3.35. The molecule has 0 unspecified atom stereocenters. The number of nitrogens with zero attached hydrogens (tertiary/aromatic N) is 5. The smallest absolute Gasteiger partial charge is 0.209 e. The predicted molar refractivity (Wildman–Crippen MR) is 78.7 cm³/mol. The molecular weight excluding hydrogens is 272 g/mol. The second-order valence-electron chi connectivity index (χ2n) is 4.90. The second-order valence-corrected chi connectivity index (χ2v) is 5.84. The highest BCUT2D eigenvalue weighted by atomic mass is 32.2. The Morgan fingerprint density at radius 1 is 1.35 bits per heavy atom. The molecule has 2 aromatic heterocycles. The summed E-state index contributed by atoms with van der Waals surface area (Å²) in [5.74, 6) is 1.67. The third kappa shape index (κ3) is 2.92. The van der Waals surface area contributed by atoms with Gasteiger partial charge in [-0.3, -0.25) is 0 Å². The summed E-state index contributed by atoms with van der Waals surface area (Å²) in [5, 5.41) is 16.1. The molecule has 1 aliphatic carbocycles. The Labute approximate surface area is 122 Å². The molecule has 3 rings (SSSR count). The Hall–Kier alpha value is -1.63. The predicted octanol–water partition coefficient (Wildman–Crippen LogP) is 2.52. The minimum Gasteiger partial charge on any atom is -0.373 e. The minimum atomic E-state index is 0.476. The van der Waals surface area contributed by atoms with Crippen LogP contribution in [0.5, 0.6) is 0 Å². The number of hydrogen-bond donors (Lipinski definition) is 1. The molecule has 0 radical (unpaired) electrons. The first-order valence-corrected chi connectivity index (χ1v) is 7.90. The second kappa shape index (κ2) is 6.21. The van der Waals surface area contributed by atoms with Crippen LogP contribution in [0.2, 0.25) is 0 Å². The van der Waals surface area contributed by atoms with Crippen molar-refractivity contribution in [2.75, 3.05) is 12.4 Å². The van der Waals surface area contributed by atoms with E-state index in [2.05, 4.69) is 25.8 Å². The van der Waals surface area contributed by atoms with Crippen molar-refractivity contribution in [2.45, 2.75) is 42.6 Å². The van der Waals surface area contributed by atoms with E-state index in [9.17, 15) is 0 Å². The zero-order valence-electron chi connectivity index (χ0n) is 11.5. The molecule has 0 spiro atoms. The molecule has 106 valence electrons. The quantitative estimate of drug-likeness (QED) is 0.853. The Morgan fingerprint density at radius 2 is 2.20 bits per heavy atom. The van der Waals surface area contributed by atoms with Gasteiger partial charge in [-0.05, 0) is 35.4 Å². The SMILES string of the molecule is CNc1cccc(CSc2nnnn2C2CCCC2)n1. The number of nitrogens with one attached hydrogen (secondary N) is 1. The van der Waals surface area contributed by atoms with Crippen molar-refractivity contribution in [1.29, 1.82) is 0 Å². The van der Waals surface area contributed by atoms with Crippen molar-refractivity contribution >= 4 is 17.6 Å². The largest absolute Gasteiger partial charge is 0.373 e. The van der Waals surface area contributed by atoms with E-state index in [0.29, 0.717) is 6.04 Å². The molecule has 6 nitrogen and oxygen atoms in total. The normalized spacial score (nSPS) is 15.7. The summed E-state index contributed by atoms with van der Waals surface area (Å²) in [5.41, 5.74) is 1.03. The summed E-state index contributed by atoms with van der Waals surface area (Å²) in [7, 11) is 1.87. The number of tetrazole rings is 1. The number of aromatic nitrogens is 5. The van der Waals surface area contributed by atoms with Gasteiger partial charge in [0.15, 0.2) is 0 Å². The van der Waals surface area contributed by atoms with Crippen LogP contribution in [0.4, 0.5) is 5.82 Å². The summed E-state index contributed by atoms with van der Waals surface area (Å²) in [4.78, 5) is 4.51. The monoisotopic (exact) mass is 290 g/mol. The summed E-state index contributed by atoms with van der Waals surface area (Å²) < 4.78 is 1.99. The van der Waals surface area contributed by atoms with Crippen molar-refractivity contribution in [3.8, 4) is 0 Å². The molecule has 0 aliphatic heterocycles. The average Bonchev–Trinajstić information content (AvgIpc) is 3.16. The first-order chi connectivity index (χ1) is 9.86. The van der Waals surface area contributed by atoms with Crippen LogP contribution in [0, 0.1) is 0 Å². The average molecular weight is 290 g/mol. The van der Waals surface area contributed by atoms with Crippen LogP contribution in [0.15, 0.2) is 23.4 Å². The summed E-state index contributed by atoms with van der Waals surface area (Å²) in [6, 6.07) is 6.47. The van der Waals surface area contributed by atoms with Gasteiger partial charge in [0.25, 0.3) is 0 Å². The summed E-state index contributed by atoms with van der Waals surface area (Å²) in [6.45, 7) is 0. The maximum atomic E-state index is 4.51. The topological polar surface area (TPSA) is 68.5 Å². The number of hydrogen-bond acceptors (Lipinski definition) is 6. The zero-order chi connectivity index (χ0) is 13.8. The molecule has 1 N–H and O–H groups in total. The molecule has 0 amide bonds. The van der Waals surface area contributed by atoms with Crippen molar-refractivity contribution in [3.63, 3.8) is 0 Å². The Morgan fingerprint density at radius 3 is 3.00 bits per heavy atom. The van der Waals surface area contributed by atoms with Crippen molar-refractivity contribution in [1.82, 2.24) is 25.2 Å². The van der Waals surface area contributed by atoms with Gasteiger partial charge in [-0.25, -0.2) is 9.67 Å². The molecule has 1 aliphatic rings. The Balaban J connectivity index is 1.67. The fraction of sp³-hybridized carbons (Fsp3) is 0.538. The van der Waals surface area contributed by atoms with E-state index in [-0.39, 0.29) is 0 Å². The molecular formula is C13H18N6S. The molecule has 0 atom stereocenters. The highest BCUT2D eigenvalue weighted by molar-refractivity contribution is 7.98. The lowest BCUT2D eigenvalue weighted by atomic mass is 10.3. The summed E-state index contributed by atoms with van der Waals surface area (Å²) in [6.07, 6.45) is 4.93. The molecule has 0 aromatic carbocycles. The summed E-state index contributed by atoms with van der Waals surface area (Å²) >= 11 is 1.65. The maximum absolute atomic E-state index is 4.51. The minimum absolute atomic E-state index is 0.476. The molecule has 20 heavy (non-hydrogen) atoms. The first kappa shape index (κ1) is 13.4. The van der Waals surface area contributed by atoms with Crippen LogP contribution in [-0.4, -0.2) is 32.2 Å². The number of thioether (sulfide) groups is 1. The molecule has 2 heterocycles. The highest BCUT2D eigenvalue weighted by Gasteiger charge is 2.21. The lowest BCUT2D eigenvalue weighted by Gasteiger charge is -2.10. The highest BCUT2D eigenvalue weighted by Crippen LogP contribution is 2.32. The number of anilines is 1. The third-order valence-corrected chi connectivity index (χ3v) is 4.51. The van der Waals surface area contributed by atoms with Gasteiger partial charge in [0.1, 0.15) is 5.82 Å². The molecule has 0 bridgehead atoms. The van der Waals surface area contributed by atoms with Crippen LogP contribution in [0.1, 0.15) is 37.4 Å². The van der Waals surface area contributed by atoms with Gasteiger partial charge in [-0.1, -0.05) is 30.7 Å². The zero-order valence-corrected chi connectivity index (χ0v) is 12.3. The standard InChI is InChI=1S/C13H18N6S/c1-14-12-8-4-5-10(15-12)9-20-13-16-17-18-19(13)11-6-2-3-7-11/h4-5,8,11H,2-3,6-7,9H2,1H3,(H,14,15). The van der Waals surface area contributed by atoms with Crippen LogP contribution < -0.4 is 5.32 Å². The van der Waals surface area contributed by atoms with Gasteiger partial charge in [0, 0.05) is 12.8 Å². The number of pyridine rings is 1. The van der Waals surface area contributed by atoms with Crippen LogP contribution in [0.25, 0.3) is 0 Å². The van der Waals surface area contributed by atoms with Gasteiger partial charge in [0.2, 0.25) is 5.16 Å². The van der Waals surface area contributed by atoms with Crippen molar-refractivity contribution in [3.05, 3.63) is 23.9 Å². The van der Waals surface area contributed by atoms with E-state index >= 15 is 0 Å². The molecule has 1 saturated carbocycles. The molecule has 7 heteroatoms. The van der Waals surface area contributed by atoms with E-state index in [1.165, 1.54) is 25.7 Å². The van der Waals surface area contributed by atoms with E-state index in [4.69, 9.17) is 0 Å².